The quantitative estimate of drug-likeness (QED) is 0.0551. The number of hydrogen-bond donors (Lipinski definition) is 2. The van der Waals surface area contributed by atoms with Gasteiger partial charge in [-0.25, -0.2) is 16.8 Å². The Hall–Kier alpha value is -6.12. The van der Waals surface area contributed by atoms with Gasteiger partial charge in [-0.1, -0.05) is 134 Å². The van der Waals surface area contributed by atoms with Crippen LogP contribution in [0.3, 0.4) is 0 Å². The molecule has 0 aromatic heterocycles. The van der Waals surface area contributed by atoms with E-state index in [1.54, 1.807) is 24.3 Å². The molecule has 2 amide bonds. The highest BCUT2D eigenvalue weighted by Gasteiger charge is 2.40. The minimum Gasteiger partial charge on any atom is -0.457 e. The van der Waals surface area contributed by atoms with Crippen LogP contribution in [0.25, 0.3) is 0 Å². The number of rotatable bonds is 26. The highest BCUT2D eigenvalue weighted by molar-refractivity contribution is 7.89. The number of nitrogens with one attached hydrogen (secondary N) is 2. The molecule has 2 N–H and O–H groups in total. The van der Waals surface area contributed by atoms with Gasteiger partial charge in [-0.05, 0) is 174 Å². The molecular formula is C62H74N4O7S2. The minimum atomic E-state index is -4.05. The van der Waals surface area contributed by atoms with Crippen molar-refractivity contribution in [2.75, 3.05) is 13.1 Å². The summed E-state index contributed by atoms with van der Waals surface area (Å²) in [7, 11) is -8.10. The largest absolute Gasteiger partial charge is 0.457 e. The summed E-state index contributed by atoms with van der Waals surface area (Å²) in [6.45, 7) is 0.489. The standard InChI is InChI=1S/C62H74N4O7S2/c67-61(63-53(33-17-29-49-21-5-1-6-22-49)34-18-30-50-23-7-2-8-24-50)59-37-13-15-47-65(59)74(69,70)57-43-39-55(40-44-57)73-56-41-45-58(46-42-56)75(71,72)66-48-16-14-38-60(66)62(68)64-54(35-19-31-51-25-9-3-10-26-51)36-20-32-52-27-11-4-12-28-52/h1-12,21-28,39-46,53-54,59-60H,13-20,29-38,47-48H2,(H,63,67)(H,64,68). The van der Waals surface area contributed by atoms with Crippen molar-refractivity contribution in [3.8, 4) is 11.5 Å². The number of amides is 2. The highest BCUT2D eigenvalue weighted by Crippen LogP contribution is 2.31. The van der Waals surface area contributed by atoms with E-state index >= 15 is 0 Å². The number of sulfonamides is 2. The third-order valence-corrected chi connectivity index (χ3v) is 18.6. The van der Waals surface area contributed by atoms with Crippen LogP contribution in [0.5, 0.6) is 11.5 Å². The number of carbonyl (C=O) groups excluding carboxylic acids is 2. The fourth-order valence-corrected chi connectivity index (χ4v) is 13.9. The van der Waals surface area contributed by atoms with E-state index in [2.05, 4.69) is 59.2 Å². The first-order valence-corrected chi connectivity index (χ1v) is 30.1. The van der Waals surface area contributed by atoms with Crippen molar-refractivity contribution in [1.29, 1.82) is 0 Å². The van der Waals surface area contributed by atoms with Crippen molar-refractivity contribution in [2.24, 2.45) is 0 Å². The van der Waals surface area contributed by atoms with E-state index in [-0.39, 0.29) is 46.8 Å². The normalized spacial score (nSPS) is 16.7. The second kappa shape index (κ2) is 27.6. The maximum absolute atomic E-state index is 14.3. The van der Waals surface area contributed by atoms with Crippen molar-refractivity contribution >= 4 is 31.9 Å². The zero-order valence-corrected chi connectivity index (χ0v) is 44.8. The summed E-state index contributed by atoms with van der Waals surface area (Å²) >= 11 is 0. The number of nitrogens with zero attached hydrogens (tertiary/aromatic N) is 2. The van der Waals surface area contributed by atoms with Gasteiger partial charge in [0.15, 0.2) is 0 Å². The van der Waals surface area contributed by atoms with Crippen molar-refractivity contribution in [1.82, 2.24) is 19.2 Å². The van der Waals surface area contributed by atoms with Gasteiger partial charge in [0.1, 0.15) is 23.6 Å². The molecule has 0 spiro atoms. The van der Waals surface area contributed by atoms with Gasteiger partial charge in [-0.3, -0.25) is 9.59 Å². The second-order valence-electron chi connectivity index (χ2n) is 20.2. The number of hydrogen-bond acceptors (Lipinski definition) is 7. The maximum Gasteiger partial charge on any atom is 0.243 e. The van der Waals surface area contributed by atoms with Crippen LogP contribution in [-0.2, 0) is 55.3 Å². The molecular weight excluding hydrogens is 977 g/mol. The van der Waals surface area contributed by atoms with Crippen molar-refractivity contribution in [3.05, 3.63) is 192 Å². The first-order valence-electron chi connectivity index (χ1n) is 27.2. The lowest BCUT2D eigenvalue weighted by atomic mass is 9.98. The first kappa shape index (κ1) is 55.1. The number of aryl methyl sites for hydroxylation is 4. The Bertz CT molecular complexity index is 2620. The lowest BCUT2D eigenvalue weighted by Gasteiger charge is -2.34. The summed E-state index contributed by atoms with van der Waals surface area (Å²) < 4.78 is 66.0. The Morgan fingerprint density at radius 2 is 0.720 bits per heavy atom. The molecule has 8 rings (SSSR count). The Kier molecular flexibility index (Phi) is 20.3. The van der Waals surface area contributed by atoms with E-state index in [0.29, 0.717) is 37.2 Å². The van der Waals surface area contributed by atoms with Gasteiger partial charge in [0.2, 0.25) is 31.9 Å². The van der Waals surface area contributed by atoms with Gasteiger partial charge >= 0.3 is 0 Å². The molecule has 2 fully saturated rings. The Balaban J connectivity index is 0.875. The van der Waals surface area contributed by atoms with Crippen molar-refractivity contribution in [2.45, 2.75) is 150 Å². The molecule has 0 aliphatic carbocycles. The molecule has 396 valence electrons. The molecule has 75 heavy (non-hydrogen) atoms. The van der Waals surface area contributed by atoms with Crippen molar-refractivity contribution in [3.63, 3.8) is 0 Å². The molecule has 0 radical (unpaired) electrons. The zero-order chi connectivity index (χ0) is 52.3. The molecule has 2 unspecified atom stereocenters. The maximum atomic E-state index is 14.3. The van der Waals surface area contributed by atoms with Crippen LogP contribution in [0.4, 0.5) is 0 Å². The van der Waals surface area contributed by atoms with Crippen LogP contribution in [0.1, 0.15) is 112 Å². The van der Waals surface area contributed by atoms with E-state index < -0.39 is 32.1 Å². The monoisotopic (exact) mass is 1050 g/mol. The van der Waals surface area contributed by atoms with Crippen LogP contribution in [-0.4, -0.2) is 74.5 Å². The van der Waals surface area contributed by atoms with Gasteiger partial charge in [0, 0.05) is 25.2 Å². The van der Waals surface area contributed by atoms with Gasteiger partial charge in [0.25, 0.3) is 0 Å². The third kappa shape index (κ3) is 16.0. The number of ether oxygens (including phenoxy) is 1. The SMILES string of the molecule is O=C(NC(CCCc1ccccc1)CCCc1ccccc1)C1CCCCN1S(=O)(=O)c1ccc(Oc2ccc(S(=O)(=O)N3CCCCC3C(=O)NC(CCCc3ccccc3)CCCc3ccccc3)cc2)cc1. The number of carbonyl (C=O) groups is 2. The van der Waals surface area contributed by atoms with Gasteiger partial charge < -0.3 is 15.4 Å². The summed E-state index contributed by atoms with van der Waals surface area (Å²) in [6.07, 6.45) is 14.1. The molecule has 11 nitrogen and oxygen atoms in total. The number of piperidine rings is 2. The fraction of sp³-hybridized carbons (Fsp3) is 0.387. The lowest BCUT2D eigenvalue weighted by Crippen LogP contribution is -2.53. The van der Waals surface area contributed by atoms with Gasteiger partial charge in [-0.2, -0.15) is 8.61 Å². The van der Waals surface area contributed by atoms with E-state index in [4.69, 9.17) is 4.74 Å². The summed E-state index contributed by atoms with van der Waals surface area (Å²) in [5.41, 5.74) is 5.01. The molecule has 2 aliphatic rings. The van der Waals surface area contributed by atoms with E-state index in [1.807, 2.05) is 72.8 Å². The average molecular weight is 1050 g/mol. The zero-order valence-electron chi connectivity index (χ0n) is 43.2. The minimum absolute atomic E-state index is 0.0593. The van der Waals surface area contributed by atoms with Crippen molar-refractivity contribution < 1.29 is 31.2 Å². The molecule has 2 aliphatic heterocycles. The molecule has 6 aromatic carbocycles. The lowest BCUT2D eigenvalue weighted by molar-refractivity contribution is -0.127. The Morgan fingerprint density at radius 1 is 0.427 bits per heavy atom. The summed E-state index contributed by atoms with van der Waals surface area (Å²) in [6, 6.07) is 51.7. The van der Waals surface area contributed by atoms with E-state index in [1.165, 1.54) is 55.1 Å². The van der Waals surface area contributed by atoms with Crippen LogP contribution in [0.2, 0.25) is 0 Å². The summed E-state index contributed by atoms with van der Waals surface area (Å²) in [5, 5.41) is 6.58. The molecule has 2 heterocycles. The smallest absolute Gasteiger partial charge is 0.243 e. The predicted octanol–water partition coefficient (Wildman–Crippen LogP) is 11.6. The fourth-order valence-electron chi connectivity index (χ4n) is 10.6. The highest BCUT2D eigenvalue weighted by atomic mass is 32.2. The van der Waals surface area contributed by atoms with Crippen LogP contribution in [0.15, 0.2) is 180 Å². The van der Waals surface area contributed by atoms with Crippen LogP contribution < -0.4 is 15.4 Å². The van der Waals surface area contributed by atoms with Crippen LogP contribution in [0, 0.1) is 0 Å². The topological polar surface area (TPSA) is 142 Å². The molecule has 0 bridgehead atoms. The molecule has 2 atom stereocenters. The Morgan fingerprint density at radius 3 is 1.01 bits per heavy atom. The Labute approximate surface area is 446 Å². The van der Waals surface area contributed by atoms with Gasteiger partial charge in [0.05, 0.1) is 9.79 Å². The first-order chi connectivity index (χ1) is 36.5. The van der Waals surface area contributed by atoms with E-state index in [0.717, 1.165) is 89.9 Å². The summed E-state index contributed by atoms with van der Waals surface area (Å²) in [5.74, 6) is 0.217. The third-order valence-electron chi connectivity index (χ3n) is 14.7. The molecule has 13 heteroatoms. The second-order valence-corrected chi connectivity index (χ2v) is 24.0. The average Bonchev–Trinajstić information content (AvgIpc) is 3.44. The van der Waals surface area contributed by atoms with Crippen LogP contribution >= 0.6 is 0 Å². The summed E-state index contributed by atoms with van der Waals surface area (Å²) in [4.78, 5) is 28.4. The van der Waals surface area contributed by atoms with E-state index in [9.17, 15) is 26.4 Å². The van der Waals surface area contributed by atoms with Gasteiger partial charge in [-0.15, -0.1) is 0 Å². The molecule has 0 saturated carbocycles. The predicted molar refractivity (Wildman–Crippen MR) is 297 cm³/mol. The number of benzene rings is 6. The molecule has 2 saturated heterocycles. The molecule has 6 aromatic rings.